The van der Waals surface area contributed by atoms with Gasteiger partial charge in [0.15, 0.2) is 23.1 Å². The molecule has 0 atom stereocenters. The van der Waals surface area contributed by atoms with Gasteiger partial charge < -0.3 is 14.8 Å². The summed E-state index contributed by atoms with van der Waals surface area (Å²) < 4.78 is 50.9. The number of rotatable bonds is 3. The summed E-state index contributed by atoms with van der Waals surface area (Å²) in [5.74, 6) is -2.03. The quantitative estimate of drug-likeness (QED) is 0.832. The van der Waals surface area contributed by atoms with Crippen molar-refractivity contribution in [1.82, 2.24) is 0 Å². The predicted octanol–water partition coefficient (Wildman–Crippen LogP) is 4.21. The Morgan fingerprint density at radius 2 is 1.90 bits per heavy atom. The lowest BCUT2D eigenvalue weighted by Crippen LogP contribution is -2.03. The zero-order valence-electron chi connectivity index (χ0n) is 10.6. The SMILES string of the molecule is Fc1cc(F)c(F)c(NCc2cc(Br)c3c(c2)OCO3)c1. The molecule has 0 amide bonds. The van der Waals surface area contributed by atoms with Crippen molar-refractivity contribution in [2.45, 2.75) is 6.54 Å². The summed E-state index contributed by atoms with van der Waals surface area (Å²) in [4.78, 5) is 0. The van der Waals surface area contributed by atoms with Crippen molar-refractivity contribution < 1.29 is 22.6 Å². The second-order valence-corrected chi connectivity index (χ2v) is 5.27. The minimum Gasteiger partial charge on any atom is -0.454 e. The van der Waals surface area contributed by atoms with Crippen LogP contribution in [0.1, 0.15) is 5.56 Å². The van der Waals surface area contributed by atoms with Gasteiger partial charge in [0, 0.05) is 18.7 Å². The molecule has 2 aromatic carbocycles. The van der Waals surface area contributed by atoms with Crippen molar-refractivity contribution in [2.75, 3.05) is 12.1 Å². The Balaban J connectivity index is 1.81. The van der Waals surface area contributed by atoms with Crippen molar-refractivity contribution in [3.8, 4) is 11.5 Å². The number of hydrogen-bond donors (Lipinski definition) is 1. The van der Waals surface area contributed by atoms with E-state index in [-0.39, 0.29) is 19.0 Å². The smallest absolute Gasteiger partial charge is 0.231 e. The fraction of sp³-hybridized carbons (Fsp3) is 0.143. The van der Waals surface area contributed by atoms with Gasteiger partial charge in [0.05, 0.1) is 10.2 Å². The first kappa shape index (κ1) is 14.1. The van der Waals surface area contributed by atoms with Gasteiger partial charge in [0.1, 0.15) is 5.82 Å². The Morgan fingerprint density at radius 3 is 2.71 bits per heavy atom. The molecule has 3 rings (SSSR count). The second-order valence-electron chi connectivity index (χ2n) is 4.41. The minimum absolute atomic E-state index is 0.133. The first-order valence-corrected chi connectivity index (χ1v) is 6.80. The number of halogens is 4. The summed E-state index contributed by atoms with van der Waals surface area (Å²) in [6, 6.07) is 4.87. The second kappa shape index (κ2) is 5.48. The van der Waals surface area contributed by atoms with Crippen LogP contribution >= 0.6 is 15.9 Å². The Bertz CT molecular complexity index is 709. The molecule has 0 aromatic heterocycles. The van der Waals surface area contributed by atoms with Crippen LogP contribution in [0, 0.1) is 17.5 Å². The maximum absolute atomic E-state index is 13.5. The third-order valence-corrected chi connectivity index (χ3v) is 3.55. The molecule has 7 heteroatoms. The third-order valence-electron chi connectivity index (χ3n) is 2.96. The topological polar surface area (TPSA) is 30.5 Å². The number of hydrogen-bond acceptors (Lipinski definition) is 3. The number of nitrogens with one attached hydrogen (secondary N) is 1. The molecule has 0 spiro atoms. The van der Waals surface area contributed by atoms with Gasteiger partial charge in [-0.2, -0.15) is 0 Å². The van der Waals surface area contributed by atoms with Gasteiger partial charge in [-0.05, 0) is 33.6 Å². The van der Waals surface area contributed by atoms with E-state index in [9.17, 15) is 13.2 Å². The highest BCUT2D eigenvalue weighted by atomic mass is 79.9. The molecular formula is C14H9BrF3NO2. The molecule has 0 fully saturated rings. The van der Waals surface area contributed by atoms with Crippen molar-refractivity contribution in [3.63, 3.8) is 0 Å². The Morgan fingerprint density at radius 1 is 1.10 bits per heavy atom. The lowest BCUT2D eigenvalue weighted by molar-refractivity contribution is 0.173. The molecule has 0 radical (unpaired) electrons. The number of fused-ring (bicyclic) bond motifs is 1. The van der Waals surface area contributed by atoms with E-state index in [0.29, 0.717) is 22.0 Å². The third kappa shape index (κ3) is 2.78. The first-order chi connectivity index (χ1) is 10.0. The fourth-order valence-corrected chi connectivity index (χ4v) is 2.61. The van der Waals surface area contributed by atoms with E-state index in [0.717, 1.165) is 11.6 Å². The van der Waals surface area contributed by atoms with E-state index in [1.807, 2.05) is 0 Å². The van der Waals surface area contributed by atoms with E-state index in [4.69, 9.17) is 9.47 Å². The predicted molar refractivity (Wildman–Crippen MR) is 73.9 cm³/mol. The average molecular weight is 360 g/mol. The number of benzene rings is 2. The van der Waals surface area contributed by atoms with Gasteiger partial charge in [-0.1, -0.05) is 0 Å². The van der Waals surface area contributed by atoms with Crippen molar-refractivity contribution in [2.24, 2.45) is 0 Å². The van der Waals surface area contributed by atoms with E-state index in [1.54, 1.807) is 12.1 Å². The van der Waals surface area contributed by atoms with Gasteiger partial charge in [0.25, 0.3) is 0 Å². The monoisotopic (exact) mass is 359 g/mol. The molecule has 1 aliphatic rings. The van der Waals surface area contributed by atoms with Gasteiger partial charge in [-0.25, -0.2) is 13.2 Å². The fourth-order valence-electron chi connectivity index (χ4n) is 2.00. The maximum atomic E-state index is 13.5. The molecule has 0 saturated heterocycles. The molecule has 0 bridgehead atoms. The van der Waals surface area contributed by atoms with Crippen LogP contribution in [0.4, 0.5) is 18.9 Å². The maximum Gasteiger partial charge on any atom is 0.231 e. The van der Waals surface area contributed by atoms with Crippen LogP contribution in [0.5, 0.6) is 11.5 Å². The van der Waals surface area contributed by atoms with Gasteiger partial charge in [-0.3, -0.25) is 0 Å². The van der Waals surface area contributed by atoms with E-state index < -0.39 is 17.5 Å². The highest BCUT2D eigenvalue weighted by Crippen LogP contribution is 2.40. The summed E-state index contributed by atoms with van der Waals surface area (Å²) in [6.07, 6.45) is 0. The summed E-state index contributed by atoms with van der Waals surface area (Å²) in [5, 5.41) is 2.66. The van der Waals surface area contributed by atoms with Gasteiger partial charge in [-0.15, -0.1) is 0 Å². The summed E-state index contributed by atoms with van der Waals surface area (Å²) in [7, 11) is 0. The van der Waals surface area contributed by atoms with Gasteiger partial charge >= 0.3 is 0 Å². The standard InChI is InChI=1S/C14H9BrF3NO2/c15-9-1-7(2-12-14(9)21-6-20-12)5-19-11-4-8(16)3-10(17)13(11)18/h1-4,19H,5-6H2. The molecule has 21 heavy (non-hydrogen) atoms. The number of ether oxygens (including phenoxy) is 2. The zero-order valence-corrected chi connectivity index (χ0v) is 12.1. The average Bonchev–Trinajstić information content (AvgIpc) is 2.90. The van der Waals surface area contributed by atoms with Crippen LogP contribution in [0.2, 0.25) is 0 Å². The molecule has 110 valence electrons. The Hall–Kier alpha value is -1.89. The molecule has 1 heterocycles. The van der Waals surface area contributed by atoms with Crippen LogP contribution in [-0.2, 0) is 6.54 Å². The Kier molecular flexibility index (Phi) is 3.67. The highest BCUT2D eigenvalue weighted by molar-refractivity contribution is 9.10. The minimum atomic E-state index is -1.23. The van der Waals surface area contributed by atoms with E-state index in [2.05, 4.69) is 21.2 Å². The molecule has 0 aliphatic carbocycles. The highest BCUT2D eigenvalue weighted by Gasteiger charge is 2.18. The van der Waals surface area contributed by atoms with Crippen LogP contribution in [0.3, 0.4) is 0 Å². The molecule has 0 saturated carbocycles. The van der Waals surface area contributed by atoms with Crippen molar-refractivity contribution in [3.05, 3.63) is 51.8 Å². The molecular weight excluding hydrogens is 351 g/mol. The van der Waals surface area contributed by atoms with Crippen molar-refractivity contribution >= 4 is 21.6 Å². The Labute approximate surface area is 126 Å². The normalized spacial score (nSPS) is 12.6. The van der Waals surface area contributed by atoms with E-state index >= 15 is 0 Å². The van der Waals surface area contributed by atoms with Crippen LogP contribution in [0.25, 0.3) is 0 Å². The summed E-state index contributed by atoms with van der Waals surface area (Å²) >= 11 is 3.34. The number of anilines is 1. The lowest BCUT2D eigenvalue weighted by Gasteiger charge is -2.10. The van der Waals surface area contributed by atoms with Crippen LogP contribution in [0.15, 0.2) is 28.7 Å². The lowest BCUT2D eigenvalue weighted by atomic mass is 10.2. The van der Waals surface area contributed by atoms with Crippen LogP contribution < -0.4 is 14.8 Å². The zero-order chi connectivity index (χ0) is 15.0. The van der Waals surface area contributed by atoms with Gasteiger partial charge in [0.2, 0.25) is 6.79 Å². The first-order valence-electron chi connectivity index (χ1n) is 6.01. The molecule has 3 nitrogen and oxygen atoms in total. The summed E-state index contributed by atoms with van der Waals surface area (Å²) in [5.41, 5.74) is 0.511. The van der Waals surface area contributed by atoms with Crippen molar-refractivity contribution in [1.29, 1.82) is 0 Å². The van der Waals surface area contributed by atoms with E-state index in [1.165, 1.54) is 0 Å². The molecule has 0 unspecified atom stereocenters. The largest absolute Gasteiger partial charge is 0.454 e. The summed E-state index contributed by atoms with van der Waals surface area (Å²) in [6.45, 7) is 0.309. The molecule has 1 N–H and O–H groups in total. The van der Waals surface area contributed by atoms with Crippen LogP contribution in [-0.4, -0.2) is 6.79 Å². The molecule has 1 aliphatic heterocycles. The molecule has 2 aromatic rings.